The molecule has 3 aromatic carbocycles. The van der Waals surface area contributed by atoms with Crippen LogP contribution in [0.4, 0.5) is 9.52 Å². The van der Waals surface area contributed by atoms with E-state index in [1.807, 2.05) is 44.2 Å². The topological polar surface area (TPSA) is 72.6 Å². The fourth-order valence-electron chi connectivity index (χ4n) is 4.53. The van der Waals surface area contributed by atoms with Crippen LogP contribution in [0.5, 0.6) is 5.75 Å². The van der Waals surface area contributed by atoms with Gasteiger partial charge in [-0.15, -0.1) is 0 Å². The number of hydrogen-bond donors (Lipinski definition) is 0. The second-order valence-electron chi connectivity index (χ2n) is 8.37. The number of fused-ring (bicyclic) bond motifs is 3. The maximum Gasteiger partial charge on any atom is 0.297 e. The number of amides is 1. The number of halogens is 1. The van der Waals surface area contributed by atoms with E-state index >= 15 is 0 Å². The Morgan fingerprint density at radius 2 is 1.97 bits per heavy atom. The van der Waals surface area contributed by atoms with Crippen LogP contribution in [0.1, 0.15) is 40.2 Å². The van der Waals surface area contributed by atoms with Crippen LogP contribution in [0.25, 0.3) is 21.2 Å². The normalized spacial score (nSPS) is 15.2. The first-order valence-corrected chi connectivity index (χ1v) is 12.0. The zero-order valence-corrected chi connectivity index (χ0v) is 19.7. The molecule has 174 valence electrons. The SMILES string of the molecule is CCOc1cccc(C2c3c(oc4ccc(C)cc4c3=O)C(=O)N2c2nc3ccc(F)cc3s2)c1. The van der Waals surface area contributed by atoms with Gasteiger partial charge >= 0.3 is 0 Å². The third-order valence-corrected chi connectivity index (χ3v) is 7.07. The first kappa shape index (κ1) is 21.5. The van der Waals surface area contributed by atoms with E-state index in [0.717, 1.165) is 5.56 Å². The average molecular weight is 487 g/mol. The monoisotopic (exact) mass is 486 g/mol. The Labute approximate surface area is 203 Å². The van der Waals surface area contributed by atoms with Crippen LogP contribution in [0.3, 0.4) is 0 Å². The fourth-order valence-corrected chi connectivity index (χ4v) is 5.55. The van der Waals surface area contributed by atoms with Crippen molar-refractivity contribution in [3.63, 3.8) is 0 Å². The minimum atomic E-state index is -0.774. The predicted octanol–water partition coefficient (Wildman–Crippen LogP) is 6.00. The van der Waals surface area contributed by atoms with E-state index in [2.05, 4.69) is 4.98 Å². The van der Waals surface area contributed by atoms with Gasteiger partial charge < -0.3 is 9.15 Å². The molecule has 2 aromatic heterocycles. The molecule has 1 amide bonds. The second-order valence-corrected chi connectivity index (χ2v) is 9.37. The van der Waals surface area contributed by atoms with Gasteiger partial charge in [-0.1, -0.05) is 35.1 Å². The van der Waals surface area contributed by atoms with Gasteiger partial charge in [0.2, 0.25) is 5.76 Å². The lowest BCUT2D eigenvalue weighted by Gasteiger charge is -2.23. The van der Waals surface area contributed by atoms with Crippen molar-refractivity contribution in [2.75, 3.05) is 11.5 Å². The molecule has 0 saturated heterocycles. The minimum absolute atomic E-state index is 0.0106. The molecule has 1 atom stereocenters. The molecule has 3 heterocycles. The van der Waals surface area contributed by atoms with Crippen LogP contribution in [-0.4, -0.2) is 17.5 Å². The summed E-state index contributed by atoms with van der Waals surface area (Å²) in [6.07, 6.45) is 0. The smallest absolute Gasteiger partial charge is 0.297 e. The molecule has 0 saturated carbocycles. The van der Waals surface area contributed by atoms with Crippen LogP contribution >= 0.6 is 11.3 Å². The Bertz CT molecular complexity index is 1710. The Kier molecular flexibility index (Phi) is 4.93. The molecule has 1 aliphatic rings. The largest absolute Gasteiger partial charge is 0.494 e. The van der Waals surface area contributed by atoms with Crippen molar-refractivity contribution >= 4 is 43.6 Å². The average Bonchev–Trinajstić information content (AvgIpc) is 3.38. The van der Waals surface area contributed by atoms with Crippen LogP contribution in [0.15, 0.2) is 69.9 Å². The van der Waals surface area contributed by atoms with E-state index in [-0.39, 0.29) is 22.6 Å². The number of carbonyl (C=O) groups excluding carboxylic acids is 1. The van der Waals surface area contributed by atoms with Crippen LogP contribution in [-0.2, 0) is 0 Å². The summed E-state index contributed by atoms with van der Waals surface area (Å²) in [5, 5.41) is 0.768. The van der Waals surface area contributed by atoms with E-state index in [1.54, 1.807) is 18.2 Å². The molecule has 0 fully saturated rings. The summed E-state index contributed by atoms with van der Waals surface area (Å²) in [7, 11) is 0. The van der Waals surface area contributed by atoms with Gasteiger partial charge in [-0.3, -0.25) is 14.5 Å². The zero-order chi connectivity index (χ0) is 24.3. The molecule has 1 aliphatic heterocycles. The zero-order valence-electron chi connectivity index (χ0n) is 18.9. The van der Waals surface area contributed by atoms with Crippen LogP contribution in [0, 0.1) is 12.7 Å². The number of aryl methyl sites for hydroxylation is 1. The highest BCUT2D eigenvalue weighted by Gasteiger charge is 2.45. The molecule has 5 aromatic rings. The predicted molar refractivity (Wildman–Crippen MR) is 133 cm³/mol. The van der Waals surface area contributed by atoms with E-state index in [4.69, 9.17) is 9.15 Å². The third-order valence-electron chi connectivity index (χ3n) is 6.06. The van der Waals surface area contributed by atoms with E-state index in [0.29, 0.717) is 44.2 Å². The number of benzene rings is 3. The fraction of sp³-hybridized carbons (Fsp3) is 0.148. The van der Waals surface area contributed by atoms with Crippen molar-refractivity contribution in [1.29, 1.82) is 0 Å². The van der Waals surface area contributed by atoms with Gasteiger partial charge in [-0.05, 0) is 61.9 Å². The number of thiazole rings is 1. The van der Waals surface area contributed by atoms with Gasteiger partial charge in [-0.25, -0.2) is 9.37 Å². The van der Waals surface area contributed by atoms with E-state index in [9.17, 15) is 14.0 Å². The number of ether oxygens (including phenoxy) is 1. The summed E-state index contributed by atoms with van der Waals surface area (Å²) in [5.74, 6) is -0.240. The molecular formula is C27H19FN2O4S. The summed E-state index contributed by atoms with van der Waals surface area (Å²) in [6.45, 7) is 4.26. The first-order chi connectivity index (χ1) is 16.9. The lowest BCUT2D eigenvalue weighted by atomic mass is 9.98. The van der Waals surface area contributed by atoms with Crippen molar-refractivity contribution in [2.45, 2.75) is 19.9 Å². The van der Waals surface area contributed by atoms with Crippen molar-refractivity contribution < 1.29 is 18.3 Å². The Hall–Kier alpha value is -4.04. The summed E-state index contributed by atoms with van der Waals surface area (Å²) < 4.78 is 26.2. The number of carbonyl (C=O) groups is 1. The maximum absolute atomic E-state index is 13.8. The molecule has 8 heteroatoms. The summed E-state index contributed by atoms with van der Waals surface area (Å²) in [6, 6.07) is 16.1. The lowest BCUT2D eigenvalue weighted by molar-refractivity contribution is 0.0971. The molecule has 0 spiro atoms. The quantitative estimate of drug-likeness (QED) is 0.312. The molecular weight excluding hydrogens is 467 g/mol. The number of nitrogens with zero attached hydrogens (tertiary/aromatic N) is 2. The van der Waals surface area contributed by atoms with Crippen LogP contribution < -0.4 is 15.1 Å². The minimum Gasteiger partial charge on any atom is -0.494 e. The third kappa shape index (κ3) is 3.40. The lowest BCUT2D eigenvalue weighted by Crippen LogP contribution is -2.29. The van der Waals surface area contributed by atoms with Crippen LogP contribution in [0.2, 0.25) is 0 Å². The highest BCUT2D eigenvalue weighted by molar-refractivity contribution is 7.22. The van der Waals surface area contributed by atoms with Gasteiger partial charge in [0.1, 0.15) is 17.1 Å². The highest BCUT2D eigenvalue weighted by atomic mass is 32.1. The molecule has 0 aliphatic carbocycles. The Balaban J connectivity index is 1.63. The van der Waals surface area contributed by atoms with Gasteiger partial charge in [0, 0.05) is 0 Å². The van der Waals surface area contributed by atoms with Crippen molar-refractivity contribution in [2.24, 2.45) is 0 Å². The Morgan fingerprint density at radius 1 is 1.11 bits per heavy atom. The summed E-state index contributed by atoms with van der Waals surface area (Å²) in [5.41, 5.74) is 2.51. The second kappa shape index (κ2) is 8.02. The van der Waals surface area contributed by atoms with Gasteiger partial charge in [0.05, 0.1) is 33.8 Å². The summed E-state index contributed by atoms with van der Waals surface area (Å²) >= 11 is 1.19. The van der Waals surface area contributed by atoms with Gasteiger partial charge in [0.15, 0.2) is 10.6 Å². The number of hydrogen-bond acceptors (Lipinski definition) is 6. The highest BCUT2D eigenvalue weighted by Crippen LogP contribution is 2.44. The van der Waals surface area contributed by atoms with Crippen molar-refractivity contribution in [3.05, 3.63) is 99.2 Å². The standard InChI is InChI=1S/C27H19FN2O4S/c1-3-33-17-6-4-5-15(12-17)23-22-24(31)18-11-14(2)7-10-20(18)34-25(22)26(32)30(23)27-29-19-9-8-16(28)13-21(19)35-27/h4-13,23H,3H2,1-2H3. The van der Waals surface area contributed by atoms with Crippen molar-refractivity contribution in [3.8, 4) is 5.75 Å². The molecule has 6 nitrogen and oxygen atoms in total. The molecule has 0 bridgehead atoms. The summed E-state index contributed by atoms with van der Waals surface area (Å²) in [4.78, 5) is 33.6. The molecule has 1 unspecified atom stereocenters. The van der Waals surface area contributed by atoms with Crippen molar-refractivity contribution in [1.82, 2.24) is 4.98 Å². The number of rotatable bonds is 4. The van der Waals surface area contributed by atoms with E-state index < -0.39 is 11.9 Å². The maximum atomic E-state index is 13.8. The molecule has 6 rings (SSSR count). The van der Waals surface area contributed by atoms with Gasteiger partial charge in [0.25, 0.3) is 5.91 Å². The molecule has 0 radical (unpaired) electrons. The number of aromatic nitrogens is 1. The first-order valence-electron chi connectivity index (χ1n) is 11.1. The molecule has 35 heavy (non-hydrogen) atoms. The number of anilines is 1. The Morgan fingerprint density at radius 3 is 2.80 bits per heavy atom. The van der Waals surface area contributed by atoms with E-state index in [1.165, 1.54) is 28.4 Å². The molecule has 0 N–H and O–H groups in total. The van der Waals surface area contributed by atoms with Gasteiger partial charge in [-0.2, -0.15) is 0 Å².